The van der Waals surface area contributed by atoms with Crippen LogP contribution in [0.2, 0.25) is 0 Å². The number of ether oxygens (including phenoxy) is 1. The molecule has 0 unspecified atom stereocenters. The summed E-state index contributed by atoms with van der Waals surface area (Å²) in [6.07, 6.45) is 0.0203. The lowest BCUT2D eigenvalue weighted by Gasteiger charge is -2.14. The van der Waals surface area contributed by atoms with E-state index in [2.05, 4.69) is 5.32 Å². The van der Waals surface area contributed by atoms with Crippen LogP contribution in [0.5, 0.6) is 5.75 Å². The molecule has 102 valence electrons. The summed E-state index contributed by atoms with van der Waals surface area (Å²) < 4.78 is 27.1. The molecule has 0 heterocycles. The maximum absolute atomic E-state index is 10.8. The number of rotatable bonds is 6. The first-order valence-corrected chi connectivity index (χ1v) is 7.30. The van der Waals surface area contributed by atoms with Gasteiger partial charge in [-0.25, -0.2) is 13.6 Å². The van der Waals surface area contributed by atoms with Crippen molar-refractivity contribution in [2.45, 2.75) is 20.0 Å². The fraction of sp³-hybridized carbons (Fsp3) is 0.455. The Morgan fingerprint density at radius 1 is 1.39 bits per heavy atom. The summed E-state index contributed by atoms with van der Waals surface area (Å²) in [7, 11) is -3.45. The number of hydrogen-bond donors (Lipinski definition) is 3. The normalized spacial score (nSPS) is 11.6. The third-order valence-electron chi connectivity index (χ3n) is 2.09. The Morgan fingerprint density at radius 2 is 2.06 bits per heavy atom. The predicted molar refractivity (Wildman–Crippen MR) is 73.1 cm³/mol. The molecule has 1 aromatic carbocycles. The largest absolute Gasteiger partial charge is 0.489 e. The SMILES string of the molecule is CC(C)Oc1cc(NCCS(N)(=O)=O)ccc1N. The fourth-order valence-corrected chi connectivity index (χ4v) is 1.72. The third-order valence-corrected chi connectivity index (χ3v) is 2.87. The molecule has 5 N–H and O–H groups in total. The van der Waals surface area contributed by atoms with Gasteiger partial charge >= 0.3 is 0 Å². The van der Waals surface area contributed by atoms with E-state index in [1.165, 1.54) is 0 Å². The van der Waals surface area contributed by atoms with Gasteiger partial charge in [0.1, 0.15) is 5.75 Å². The Balaban J connectivity index is 2.67. The van der Waals surface area contributed by atoms with Crippen LogP contribution in [-0.4, -0.2) is 26.8 Å². The number of benzene rings is 1. The quantitative estimate of drug-likeness (QED) is 0.663. The van der Waals surface area contributed by atoms with E-state index in [-0.39, 0.29) is 18.4 Å². The molecule has 0 saturated carbocycles. The highest BCUT2D eigenvalue weighted by Crippen LogP contribution is 2.26. The molecule has 0 atom stereocenters. The van der Waals surface area contributed by atoms with Crippen LogP contribution in [-0.2, 0) is 10.0 Å². The molecule has 0 aliphatic rings. The summed E-state index contributed by atoms with van der Waals surface area (Å²) in [5.41, 5.74) is 7.05. The van der Waals surface area contributed by atoms with Gasteiger partial charge in [0, 0.05) is 18.3 Å². The first kappa shape index (κ1) is 14.6. The first-order chi connectivity index (χ1) is 8.28. The van der Waals surface area contributed by atoms with Crippen molar-refractivity contribution in [3.63, 3.8) is 0 Å². The first-order valence-electron chi connectivity index (χ1n) is 5.58. The number of nitrogens with two attached hydrogens (primary N) is 2. The van der Waals surface area contributed by atoms with E-state index in [0.717, 1.165) is 5.69 Å². The highest BCUT2D eigenvalue weighted by molar-refractivity contribution is 7.89. The molecule has 0 saturated heterocycles. The summed E-state index contributed by atoms with van der Waals surface area (Å²) >= 11 is 0. The molecule has 0 fully saturated rings. The van der Waals surface area contributed by atoms with Gasteiger partial charge in [0.15, 0.2) is 0 Å². The molecule has 0 amide bonds. The van der Waals surface area contributed by atoms with E-state index in [0.29, 0.717) is 11.4 Å². The van der Waals surface area contributed by atoms with Gasteiger partial charge in [-0.3, -0.25) is 0 Å². The molecule has 7 heteroatoms. The molecular formula is C11H19N3O3S. The summed E-state index contributed by atoms with van der Waals surface area (Å²) in [6, 6.07) is 5.20. The van der Waals surface area contributed by atoms with Crippen LogP contribution >= 0.6 is 0 Å². The number of nitrogens with one attached hydrogen (secondary N) is 1. The number of sulfonamides is 1. The van der Waals surface area contributed by atoms with Crippen molar-refractivity contribution >= 4 is 21.4 Å². The van der Waals surface area contributed by atoms with Gasteiger partial charge in [-0.2, -0.15) is 0 Å². The molecule has 0 aliphatic heterocycles. The number of nitrogen functional groups attached to an aromatic ring is 1. The molecular weight excluding hydrogens is 254 g/mol. The predicted octanol–water partition coefficient (Wildman–Crippen LogP) is 0.756. The second kappa shape index (κ2) is 5.92. The smallest absolute Gasteiger partial charge is 0.210 e. The van der Waals surface area contributed by atoms with Gasteiger partial charge in [0.2, 0.25) is 10.0 Å². The monoisotopic (exact) mass is 273 g/mol. The minimum Gasteiger partial charge on any atom is -0.489 e. The maximum atomic E-state index is 10.8. The molecule has 1 rings (SSSR count). The van der Waals surface area contributed by atoms with Crippen LogP contribution < -0.4 is 20.9 Å². The molecule has 0 aromatic heterocycles. The van der Waals surface area contributed by atoms with E-state index < -0.39 is 10.0 Å². The van der Waals surface area contributed by atoms with Gasteiger partial charge in [0.05, 0.1) is 17.5 Å². The lowest BCUT2D eigenvalue weighted by atomic mass is 10.2. The average molecular weight is 273 g/mol. The topological polar surface area (TPSA) is 107 Å². The molecule has 0 bridgehead atoms. The van der Waals surface area contributed by atoms with Crippen LogP contribution in [0.15, 0.2) is 18.2 Å². The molecule has 0 radical (unpaired) electrons. The average Bonchev–Trinajstić information content (AvgIpc) is 2.20. The molecule has 6 nitrogen and oxygen atoms in total. The Bertz CT molecular complexity index is 500. The van der Waals surface area contributed by atoms with Gasteiger partial charge in [-0.1, -0.05) is 0 Å². The summed E-state index contributed by atoms with van der Waals surface area (Å²) in [6.45, 7) is 4.05. The standard InChI is InChI=1S/C11H19N3O3S/c1-8(2)17-11-7-9(3-4-10(11)12)14-5-6-18(13,15)16/h3-4,7-8,14H,5-6,12H2,1-2H3,(H2,13,15,16). The Hall–Kier alpha value is -1.47. The maximum Gasteiger partial charge on any atom is 0.210 e. The van der Waals surface area contributed by atoms with Crippen molar-refractivity contribution in [1.82, 2.24) is 0 Å². The second-order valence-corrected chi connectivity index (χ2v) is 5.95. The van der Waals surface area contributed by atoms with E-state index in [1.807, 2.05) is 13.8 Å². The van der Waals surface area contributed by atoms with E-state index in [4.69, 9.17) is 15.6 Å². The van der Waals surface area contributed by atoms with E-state index >= 15 is 0 Å². The van der Waals surface area contributed by atoms with Gasteiger partial charge in [-0.05, 0) is 26.0 Å². The zero-order valence-corrected chi connectivity index (χ0v) is 11.3. The van der Waals surface area contributed by atoms with Crippen molar-refractivity contribution in [2.24, 2.45) is 5.14 Å². The Labute approximate surface area is 107 Å². The van der Waals surface area contributed by atoms with E-state index in [9.17, 15) is 8.42 Å². The van der Waals surface area contributed by atoms with Crippen LogP contribution in [0, 0.1) is 0 Å². The lowest BCUT2D eigenvalue weighted by Crippen LogP contribution is -2.22. The van der Waals surface area contributed by atoms with Crippen molar-refractivity contribution in [1.29, 1.82) is 0 Å². The minimum atomic E-state index is -3.45. The van der Waals surface area contributed by atoms with Crippen LogP contribution in [0.1, 0.15) is 13.8 Å². The summed E-state index contributed by atoms with van der Waals surface area (Å²) in [5, 5.41) is 7.85. The van der Waals surface area contributed by atoms with Crippen LogP contribution in [0.25, 0.3) is 0 Å². The van der Waals surface area contributed by atoms with Crippen molar-refractivity contribution in [3.8, 4) is 5.75 Å². The van der Waals surface area contributed by atoms with E-state index in [1.54, 1.807) is 18.2 Å². The van der Waals surface area contributed by atoms with Crippen molar-refractivity contribution in [2.75, 3.05) is 23.3 Å². The van der Waals surface area contributed by atoms with Crippen LogP contribution in [0.4, 0.5) is 11.4 Å². The summed E-state index contributed by atoms with van der Waals surface area (Å²) in [5.74, 6) is 0.447. The number of hydrogen-bond acceptors (Lipinski definition) is 5. The molecule has 0 aliphatic carbocycles. The third kappa shape index (κ3) is 5.24. The molecule has 1 aromatic rings. The molecule has 0 spiro atoms. The number of primary sulfonamides is 1. The lowest BCUT2D eigenvalue weighted by molar-refractivity contribution is 0.244. The Kier molecular flexibility index (Phi) is 4.80. The summed E-state index contributed by atoms with van der Waals surface area (Å²) in [4.78, 5) is 0. The highest BCUT2D eigenvalue weighted by Gasteiger charge is 2.06. The number of anilines is 2. The van der Waals surface area contributed by atoms with Crippen LogP contribution in [0.3, 0.4) is 0 Å². The van der Waals surface area contributed by atoms with Gasteiger partial charge in [0.25, 0.3) is 0 Å². The molecule has 18 heavy (non-hydrogen) atoms. The fourth-order valence-electron chi connectivity index (χ4n) is 1.34. The zero-order chi connectivity index (χ0) is 13.8. The Morgan fingerprint density at radius 3 is 2.61 bits per heavy atom. The van der Waals surface area contributed by atoms with Crippen molar-refractivity contribution < 1.29 is 13.2 Å². The zero-order valence-electron chi connectivity index (χ0n) is 10.5. The van der Waals surface area contributed by atoms with Crippen molar-refractivity contribution in [3.05, 3.63) is 18.2 Å². The van der Waals surface area contributed by atoms with Gasteiger partial charge < -0.3 is 15.8 Å². The van der Waals surface area contributed by atoms with Gasteiger partial charge in [-0.15, -0.1) is 0 Å². The minimum absolute atomic E-state index is 0.0203. The second-order valence-electron chi connectivity index (χ2n) is 4.21. The highest BCUT2D eigenvalue weighted by atomic mass is 32.2.